The van der Waals surface area contributed by atoms with E-state index in [-0.39, 0.29) is 10.6 Å². The van der Waals surface area contributed by atoms with Crippen LogP contribution in [0.4, 0.5) is 5.69 Å². The van der Waals surface area contributed by atoms with Gasteiger partial charge in [-0.15, -0.1) is 0 Å². The SMILES string of the molecule is Cc1cc([N+](=O)[O-])ccc1S(=O)(=O)NC[C@H]1C[C@H]2CC[C@@H]1C2. The van der Waals surface area contributed by atoms with Crippen LogP contribution < -0.4 is 4.72 Å². The standard InChI is InChI=1S/C15H20N2O4S/c1-10-6-14(17(18)19)4-5-15(10)22(20,21)16-9-13-8-11-2-3-12(13)7-11/h4-6,11-13,16H,2-3,7-9H2,1H3/t11-,12+,13+/m0/s1. The third-order valence-corrected chi connectivity index (χ3v) is 6.66. The summed E-state index contributed by atoms with van der Waals surface area (Å²) in [5.74, 6) is 1.87. The first-order valence-corrected chi connectivity index (χ1v) is 9.10. The van der Waals surface area contributed by atoms with E-state index in [0.29, 0.717) is 23.9 Å². The van der Waals surface area contributed by atoms with E-state index in [4.69, 9.17) is 0 Å². The average molecular weight is 324 g/mol. The number of hydrogen-bond acceptors (Lipinski definition) is 4. The van der Waals surface area contributed by atoms with Gasteiger partial charge < -0.3 is 0 Å². The molecule has 0 saturated heterocycles. The summed E-state index contributed by atoms with van der Waals surface area (Å²) in [5.41, 5.74) is 0.305. The molecule has 2 fully saturated rings. The van der Waals surface area contributed by atoms with Crippen molar-refractivity contribution in [2.75, 3.05) is 6.54 Å². The lowest BCUT2D eigenvalue weighted by molar-refractivity contribution is -0.385. The van der Waals surface area contributed by atoms with Crippen molar-refractivity contribution in [1.29, 1.82) is 0 Å². The molecule has 6 nitrogen and oxygen atoms in total. The van der Waals surface area contributed by atoms with Gasteiger partial charge in [0.15, 0.2) is 0 Å². The highest BCUT2D eigenvalue weighted by Crippen LogP contribution is 2.48. The van der Waals surface area contributed by atoms with Gasteiger partial charge in [0.2, 0.25) is 10.0 Å². The molecular weight excluding hydrogens is 304 g/mol. The van der Waals surface area contributed by atoms with Crippen LogP contribution in [0.2, 0.25) is 0 Å². The summed E-state index contributed by atoms with van der Waals surface area (Å²) in [6.45, 7) is 2.05. The van der Waals surface area contributed by atoms with Gasteiger partial charge in [-0.25, -0.2) is 13.1 Å². The molecule has 3 rings (SSSR count). The Balaban J connectivity index is 1.71. The van der Waals surface area contributed by atoms with Crippen LogP contribution in [0.1, 0.15) is 31.2 Å². The number of fused-ring (bicyclic) bond motifs is 2. The summed E-state index contributed by atoms with van der Waals surface area (Å²) >= 11 is 0. The average Bonchev–Trinajstić information content (AvgIpc) is 3.07. The molecule has 0 radical (unpaired) electrons. The van der Waals surface area contributed by atoms with Gasteiger partial charge in [0.25, 0.3) is 5.69 Å². The van der Waals surface area contributed by atoms with Gasteiger partial charge in [0.05, 0.1) is 9.82 Å². The Labute approximate surface area is 130 Å². The summed E-state index contributed by atoms with van der Waals surface area (Å²) in [6.07, 6.45) is 4.86. The van der Waals surface area contributed by atoms with Crippen LogP contribution >= 0.6 is 0 Å². The van der Waals surface area contributed by atoms with Crippen LogP contribution in [0, 0.1) is 34.8 Å². The van der Waals surface area contributed by atoms with E-state index < -0.39 is 14.9 Å². The van der Waals surface area contributed by atoms with Gasteiger partial charge in [-0.05, 0) is 55.6 Å². The van der Waals surface area contributed by atoms with Crippen LogP contribution in [0.25, 0.3) is 0 Å². The smallest absolute Gasteiger partial charge is 0.258 e. The first-order valence-electron chi connectivity index (χ1n) is 7.61. The zero-order valence-corrected chi connectivity index (χ0v) is 13.3. The molecule has 7 heteroatoms. The Kier molecular flexibility index (Phi) is 3.94. The normalized spacial score (nSPS) is 27.2. The van der Waals surface area contributed by atoms with Crippen LogP contribution in [-0.2, 0) is 10.0 Å². The highest BCUT2D eigenvalue weighted by molar-refractivity contribution is 7.89. The summed E-state index contributed by atoms with van der Waals surface area (Å²) in [7, 11) is -3.61. The van der Waals surface area contributed by atoms with Gasteiger partial charge in [-0.2, -0.15) is 0 Å². The van der Waals surface area contributed by atoms with Crippen molar-refractivity contribution < 1.29 is 13.3 Å². The lowest BCUT2D eigenvalue weighted by atomic mass is 9.89. The van der Waals surface area contributed by atoms with Gasteiger partial charge in [0.1, 0.15) is 0 Å². The zero-order chi connectivity index (χ0) is 15.9. The van der Waals surface area contributed by atoms with E-state index in [2.05, 4.69) is 4.72 Å². The summed E-state index contributed by atoms with van der Waals surface area (Å²) in [6, 6.07) is 3.85. The largest absolute Gasteiger partial charge is 0.269 e. The van der Waals surface area contributed by atoms with Crippen LogP contribution in [0.15, 0.2) is 23.1 Å². The second-order valence-electron chi connectivity index (χ2n) is 6.49. The number of nitrogens with one attached hydrogen (secondary N) is 1. The van der Waals surface area contributed by atoms with E-state index in [1.54, 1.807) is 6.92 Å². The van der Waals surface area contributed by atoms with Gasteiger partial charge in [-0.1, -0.05) is 6.42 Å². The molecule has 2 aliphatic rings. The molecule has 0 heterocycles. The Morgan fingerprint density at radius 3 is 2.64 bits per heavy atom. The molecule has 2 saturated carbocycles. The number of aryl methyl sites for hydroxylation is 1. The fourth-order valence-corrected chi connectivity index (χ4v) is 5.29. The maximum absolute atomic E-state index is 12.4. The molecule has 120 valence electrons. The van der Waals surface area contributed by atoms with E-state index in [0.717, 1.165) is 12.3 Å². The molecule has 1 aromatic rings. The molecule has 0 unspecified atom stereocenters. The number of rotatable bonds is 5. The van der Waals surface area contributed by atoms with Gasteiger partial charge in [0, 0.05) is 18.7 Å². The number of hydrogen-bond donors (Lipinski definition) is 1. The van der Waals surface area contributed by atoms with Gasteiger partial charge >= 0.3 is 0 Å². The maximum Gasteiger partial charge on any atom is 0.269 e. The third-order valence-electron chi connectivity index (χ3n) is 5.08. The lowest BCUT2D eigenvalue weighted by Crippen LogP contribution is -2.32. The van der Waals surface area contributed by atoms with E-state index in [9.17, 15) is 18.5 Å². The van der Waals surface area contributed by atoms with Crippen molar-refractivity contribution in [3.8, 4) is 0 Å². The second-order valence-corrected chi connectivity index (χ2v) is 8.23. The molecule has 22 heavy (non-hydrogen) atoms. The minimum Gasteiger partial charge on any atom is -0.258 e. The van der Waals surface area contributed by atoms with Crippen LogP contribution in [-0.4, -0.2) is 19.9 Å². The Hall–Kier alpha value is -1.47. The molecule has 0 aliphatic heterocycles. The van der Waals surface area contributed by atoms with Crippen LogP contribution in [0.3, 0.4) is 0 Å². The molecular formula is C15H20N2O4S. The van der Waals surface area contributed by atoms with Crippen molar-refractivity contribution in [2.24, 2.45) is 17.8 Å². The monoisotopic (exact) mass is 324 g/mol. The number of non-ortho nitro benzene ring substituents is 1. The van der Waals surface area contributed by atoms with Crippen molar-refractivity contribution in [1.82, 2.24) is 4.72 Å². The summed E-state index contributed by atoms with van der Waals surface area (Å²) in [4.78, 5) is 10.3. The molecule has 2 bridgehead atoms. The fourth-order valence-electron chi connectivity index (χ4n) is 3.97. The third kappa shape index (κ3) is 2.87. The van der Waals surface area contributed by atoms with Crippen LogP contribution in [0.5, 0.6) is 0 Å². The fraction of sp³-hybridized carbons (Fsp3) is 0.600. The van der Waals surface area contributed by atoms with Crippen molar-refractivity contribution in [2.45, 2.75) is 37.5 Å². The minimum atomic E-state index is -3.61. The molecule has 3 atom stereocenters. The highest BCUT2D eigenvalue weighted by Gasteiger charge is 2.39. The first kappa shape index (κ1) is 15.4. The first-order chi connectivity index (χ1) is 10.4. The maximum atomic E-state index is 12.4. The summed E-state index contributed by atoms with van der Waals surface area (Å²) in [5, 5.41) is 10.7. The second kappa shape index (κ2) is 5.62. The Bertz CT molecular complexity index is 701. The molecule has 0 amide bonds. The molecule has 0 aromatic heterocycles. The Morgan fingerprint density at radius 2 is 2.09 bits per heavy atom. The van der Waals surface area contributed by atoms with E-state index >= 15 is 0 Å². The zero-order valence-electron chi connectivity index (χ0n) is 12.5. The van der Waals surface area contributed by atoms with Gasteiger partial charge in [-0.3, -0.25) is 10.1 Å². The predicted molar refractivity (Wildman–Crippen MR) is 82.0 cm³/mol. The molecule has 2 aliphatic carbocycles. The van der Waals surface area contributed by atoms with E-state index in [1.165, 1.54) is 37.5 Å². The summed E-state index contributed by atoms with van der Waals surface area (Å²) < 4.78 is 27.5. The number of nitro groups is 1. The molecule has 1 N–H and O–H groups in total. The molecule has 0 spiro atoms. The predicted octanol–water partition coefficient (Wildman–Crippen LogP) is 2.62. The van der Waals surface area contributed by atoms with Crippen molar-refractivity contribution in [3.05, 3.63) is 33.9 Å². The number of benzene rings is 1. The lowest BCUT2D eigenvalue weighted by Gasteiger charge is -2.22. The van der Waals surface area contributed by atoms with Crippen molar-refractivity contribution in [3.63, 3.8) is 0 Å². The topological polar surface area (TPSA) is 89.3 Å². The number of nitrogens with zero attached hydrogens (tertiary/aromatic N) is 1. The molecule has 1 aromatic carbocycles. The number of sulfonamides is 1. The number of nitro benzene ring substituents is 1. The Morgan fingerprint density at radius 1 is 1.32 bits per heavy atom. The quantitative estimate of drug-likeness (QED) is 0.666. The highest BCUT2D eigenvalue weighted by atomic mass is 32.2. The minimum absolute atomic E-state index is 0.0930. The van der Waals surface area contributed by atoms with E-state index in [1.807, 2.05) is 0 Å². The van der Waals surface area contributed by atoms with Crippen molar-refractivity contribution >= 4 is 15.7 Å².